The second-order valence-corrected chi connectivity index (χ2v) is 4.33. The number of carbonyl (C=O) groups is 1. The van der Waals surface area contributed by atoms with Crippen molar-refractivity contribution in [1.82, 2.24) is 0 Å². The van der Waals surface area contributed by atoms with Crippen LogP contribution in [-0.4, -0.2) is 5.78 Å². The summed E-state index contributed by atoms with van der Waals surface area (Å²) in [5.41, 5.74) is 1.65. The van der Waals surface area contributed by atoms with Crippen LogP contribution in [0.1, 0.15) is 27.2 Å². The maximum absolute atomic E-state index is 12.0. The van der Waals surface area contributed by atoms with Crippen LogP contribution in [0.4, 0.5) is 0 Å². The number of hydrogen-bond acceptors (Lipinski definition) is 1. The predicted octanol–water partition coefficient (Wildman–Crippen LogP) is 3.60. The molecule has 0 heterocycles. The van der Waals surface area contributed by atoms with Gasteiger partial charge in [-0.05, 0) is 32.8 Å². The lowest BCUT2D eigenvalue weighted by Crippen LogP contribution is -2.28. The van der Waals surface area contributed by atoms with Crippen molar-refractivity contribution in [1.29, 1.82) is 0 Å². The molecular weight excluding hydrogens is 184 g/mol. The highest BCUT2D eigenvalue weighted by Crippen LogP contribution is 2.33. The van der Waals surface area contributed by atoms with Crippen molar-refractivity contribution in [3.8, 4) is 0 Å². The summed E-state index contributed by atoms with van der Waals surface area (Å²) in [4.78, 5) is 12.0. The highest BCUT2D eigenvalue weighted by atomic mass is 16.1. The first-order valence-electron chi connectivity index (χ1n) is 5.20. The highest BCUT2D eigenvalue weighted by Gasteiger charge is 2.32. The van der Waals surface area contributed by atoms with Crippen LogP contribution >= 0.6 is 0 Å². The van der Waals surface area contributed by atoms with Gasteiger partial charge >= 0.3 is 0 Å². The lowest BCUT2D eigenvalue weighted by molar-refractivity contribution is -0.121. The average molecular weight is 202 g/mol. The van der Waals surface area contributed by atoms with Gasteiger partial charge < -0.3 is 0 Å². The molecule has 0 radical (unpaired) electrons. The molecule has 1 atom stereocenters. The van der Waals surface area contributed by atoms with Gasteiger partial charge in [0, 0.05) is 0 Å². The molecule has 1 aliphatic rings. The van der Waals surface area contributed by atoms with Crippen molar-refractivity contribution in [2.24, 2.45) is 5.41 Å². The second-order valence-electron chi connectivity index (χ2n) is 4.33. The molecule has 0 bridgehead atoms. The third kappa shape index (κ3) is 2.56. The van der Waals surface area contributed by atoms with Crippen molar-refractivity contribution in [3.05, 3.63) is 48.1 Å². The summed E-state index contributed by atoms with van der Waals surface area (Å²) in [6, 6.07) is 0. The minimum atomic E-state index is -0.373. The maximum Gasteiger partial charge on any atom is 0.168 e. The summed E-state index contributed by atoms with van der Waals surface area (Å²) in [6.45, 7) is 9.52. The van der Waals surface area contributed by atoms with Crippen LogP contribution in [0.2, 0.25) is 0 Å². The van der Waals surface area contributed by atoms with Crippen molar-refractivity contribution in [2.45, 2.75) is 27.2 Å². The molecule has 1 aliphatic carbocycles. The number of carbonyl (C=O) groups excluding carboxylic acids is 1. The molecule has 0 aromatic heterocycles. The third-order valence-corrected chi connectivity index (χ3v) is 2.68. The van der Waals surface area contributed by atoms with Gasteiger partial charge in [0.15, 0.2) is 5.78 Å². The lowest BCUT2D eigenvalue weighted by atomic mass is 9.75. The first-order chi connectivity index (χ1) is 6.99. The molecule has 0 saturated carbocycles. The van der Waals surface area contributed by atoms with E-state index >= 15 is 0 Å². The van der Waals surface area contributed by atoms with Crippen LogP contribution in [0.5, 0.6) is 0 Å². The molecule has 0 aromatic carbocycles. The Balaban J connectivity index is 2.93. The largest absolute Gasteiger partial charge is 0.294 e. The van der Waals surface area contributed by atoms with Gasteiger partial charge in [0.2, 0.25) is 0 Å². The minimum absolute atomic E-state index is 0.224. The first kappa shape index (κ1) is 11.7. The van der Waals surface area contributed by atoms with Crippen LogP contribution < -0.4 is 0 Å². The standard InChI is InChI=1S/C14H18O/c1-5-6-7-8-14(4)10-11(2)9-12(3)13(14)15/h5-7,9-10H,1,8H2,2-4H3/b7-6+. The van der Waals surface area contributed by atoms with E-state index in [4.69, 9.17) is 0 Å². The number of rotatable bonds is 3. The summed E-state index contributed by atoms with van der Waals surface area (Å²) < 4.78 is 0. The normalized spacial score (nSPS) is 26.5. The van der Waals surface area contributed by atoms with Crippen molar-refractivity contribution in [3.63, 3.8) is 0 Å². The van der Waals surface area contributed by atoms with E-state index in [0.29, 0.717) is 0 Å². The van der Waals surface area contributed by atoms with Crippen LogP contribution in [0.15, 0.2) is 48.1 Å². The zero-order chi connectivity index (χ0) is 11.5. The summed E-state index contributed by atoms with van der Waals surface area (Å²) in [7, 11) is 0. The Morgan fingerprint density at radius 1 is 1.47 bits per heavy atom. The van der Waals surface area contributed by atoms with Gasteiger partial charge in [-0.2, -0.15) is 0 Å². The molecule has 1 heteroatoms. The fourth-order valence-corrected chi connectivity index (χ4v) is 2.03. The Morgan fingerprint density at radius 2 is 2.13 bits per heavy atom. The molecule has 0 saturated heterocycles. The monoisotopic (exact) mass is 202 g/mol. The molecule has 80 valence electrons. The maximum atomic E-state index is 12.0. The molecule has 1 rings (SSSR count). The predicted molar refractivity (Wildman–Crippen MR) is 64.6 cm³/mol. The van der Waals surface area contributed by atoms with Crippen molar-refractivity contribution in [2.75, 3.05) is 0 Å². The Kier molecular flexibility index (Phi) is 3.46. The summed E-state index contributed by atoms with van der Waals surface area (Å²) in [5, 5.41) is 0. The molecular formula is C14H18O. The van der Waals surface area contributed by atoms with Crippen molar-refractivity contribution < 1.29 is 4.79 Å². The minimum Gasteiger partial charge on any atom is -0.294 e. The van der Waals surface area contributed by atoms with E-state index in [1.54, 1.807) is 6.08 Å². The fraction of sp³-hybridized carbons (Fsp3) is 0.357. The SMILES string of the molecule is C=C/C=C/CC1(C)C=C(C)C=C(C)C1=O. The average Bonchev–Trinajstić information content (AvgIpc) is 2.14. The topological polar surface area (TPSA) is 17.1 Å². The Labute approximate surface area is 91.9 Å². The van der Waals surface area contributed by atoms with Gasteiger partial charge in [0.1, 0.15) is 0 Å². The molecule has 1 nitrogen and oxygen atoms in total. The van der Waals surface area contributed by atoms with Crippen molar-refractivity contribution >= 4 is 5.78 Å². The Hall–Kier alpha value is -1.37. The fourth-order valence-electron chi connectivity index (χ4n) is 2.03. The highest BCUT2D eigenvalue weighted by molar-refractivity contribution is 6.02. The molecule has 15 heavy (non-hydrogen) atoms. The van der Waals surface area contributed by atoms with Gasteiger partial charge in [0.05, 0.1) is 5.41 Å². The quantitative estimate of drug-likeness (QED) is 0.639. The lowest BCUT2D eigenvalue weighted by Gasteiger charge is -2.27. The smallest absolute Gasteiger partial charge is 0.168 e. The van der Waals surface area contributed by atoms with E-state index in [-0.39, 0.29) is 11.2 Å². The summed E-state index contributed by atoms with van der Waals surface area (Å²) >= 11 is 0. The van der Waals surface area contributed by atoms with E-state index in [2.05, 4.69) is 12.7 Å². The van der Waals surface area contributed by atoms with Gasteiger partial charge in [-0.15, -0.1) is 0 Å². The van der Waals surface area contributed by atoms with Crippen LogP contribution in [0, 0.1) is 5.41 Å². The van der Waals surface area contributed by atoms with Gasteiger partial charge in [0.25, 0.3) is 0 Å². The molecule has 0 fully saturated rings. The van der Waals surface area contributed by atoms with Crippen LogP contribution in [0.3, 0.4) is 0 Å². The van der Waals surface area contributed by atoms with E-state index in [9.17, 15) is 4.79 Å². The summed E-state index contributed by atoms with van der Waals surface area (Å²) in [6.07, 6.45) is 10.3. The van der Waals surface area contributed by atoms with E-state index in [1.165, 1.54) is 5.57 Å². The Bertz CT molecular complexity index is 369. The third-order valence-electron chi connectivity index (χ3n) is 2.68. The number of ketones is 1. The second kappa shape index (κ2) is 4.43. The van der Waals surface area contributed by atoms with E-state index < -0.39 is 0 Å². The van der Waals surface area contributed by atoms with Gasteiger partial charge in [-0.1, -0.05) is 42.5 Å². The Morgan fingerprint density at radius 3 is 2.73 bits per heavy atom. The first-order valence-corrected chi connectivity index (χ1v) is 5.20. The summed E-state index contributed by atoms with van der Waals surface area (Å²) in [5.74, 6) is 0.224. The molecule has 0 N–H and O–H groups in total. The van der Waals surface area contributed by atoms with Crippen LogP contribution in [0.25, 0.3) is 0 Å². The zero-order valence-electron chi connectivity index (χ0n) is 9.71. The van der Waals surface area contributed by atoms with E-state index in [0.717, 1.165) is 12.0 Å². The molecule has 0 amide bonds. The van der Waals surface area contributed by atoms with E-state index in [1.807, 2.05) is 39.0 Å². The zero-order valence-corrected chi connectivity index (χ0v) is 9.71. The van der Waals surface area contributed by atoms with Crippen LogP contribution in [-0.2, 0) is 4.79 Å². The number of hydrogen-bond donors (Lipinski definition) is 0. The van der Waals surface area contributed by atoms with Gasteiger partial charge in [-0.25, -0.2) is 0 Å². The number of allylic oxidation sites excluding steroid dienone is 7. The molecule has 1 unspecified atom stereocenters. The molecule has 0 aromatic rings. The molecule has 0 spiro atoms. The molecule has 0 aliphatic heterocycles. The number of Topliss-reactive ketones (excluding diaryl/α,β-unsaturated/α-hetero) is 1. The van der Waals surface area contributed by atoms with Gasteiger partial charge in [-0.3, -0.25) is 4.79 Å².